The van der Waals surface area contributed by atoms with E-state index in [1.54, 1.807) is 0 Å². The summed E-state index contributed by atoms with van der Waals surface area (Å²) in [6, 6.07) is 0.0650. The molecule has 0 N–H and O–H groups in total. The van der Waals surface area contributed by atoms with Crippen LogP contribution in [0.4, 0.5) is 0 Å². The summed E-state index contributed by atoms with van der Waals surface area (Å²) in [5.74, 6) is 0. The molecule has 3 nitrogen and oxygen atoms in total. The summed E-state index contributed by atoms with van der Waals surface area (Å²) in [5, 5.41) is 0. The molecule has 0 aliphatic heterocycles. The average molecular weight is 257 g/mol. The van der Waals surface area contributed by atoms with Crippen LogP contribution in [0, 0.1) is 0 Å². The van der Waals surface area contributed by atoms with Crippen LogP contribution in [0.2, 0.25) is 0 Å². The van der Waals surface area contributed by atoms with Crippen molar-refractivity contribution in [2.24, 2.45) is 0 Å². The van der Waals surface area contributed by atoms with Gasteiger partial charge in [0.25, 0.3) is 7.57 Å². The van der Waals surface area contributed by atoms with Crippen LogP contribution in [0.1, 0.15) is 39.5 Å². The van der Waals surface area contributed by atoms with E-state index in [0.29, 0.717) is 13.2 Å². The van der Waals surface area contributed by atoms with E-state index >= 15 is 0 Å². The van der Waals surface area contributed by atoms with Crippen LogP contribution in [0.25, 0.3) is 0 Å². The molecule has 92 valence electrons. The Hall–Kier alpha value is 0.470. The number of unbranched alkanes of at least 4 members (excludes halogenated alkanes) is 2. The fourth-order valence-corrected chi connectivity index (χ4v) is 2.51. The van der Waals surface area contributed by atoms with Crippen molar-refractivity contribution in [3.8, 4) is 0 Å². The van der Waals surface area contributed by atoms with Gasteiger partial charge in [0.05, 0.1) is 13.2 Å². The van der Waals surface area contributed by atoms with Gasteiger partial charge in [0.2, 0.25) is 0 Å². The number of rotatable bonds is 10. The van der Waals surface area contributed by atoms with Gasteiger partial charge in [-0.2, -0.15) is 0 Å². The molecule has 0 aromatic rings. The zero-order chi connectivity index (χ0) is 11.6. The first-order chi connectivity index (χ1) is 7.18. The Bertz CT molecular complexity index is 174. The smallest absolute Gasteiger partial charge is 0.251 e. The lowest BCUT2D eigenvalue weighted by atomic mass is 10.4. The molecule has 0 aromatic heterocycles. The summed E-state index contributed by atoms with van der Waals surface area (Å²) in [7, 11) is -2.41. The Balaban J connectivity index is 3.89. The fraction of sp³-hybridized carbons (Fsp3) is 0.900. The molecular weight excluding hydrogens is 235 g/mol. The second-order valence-corrected chi connectivity index (χ2v) is 5.44. The molecule has 0 rings (SSSR count). The highest BCUT2D eigenvalue weighted by Crippen LogP contribution is 2.49. The van der Waals surface area contributed by atoms with E-state index in [0.717, 1.165) is 25.7 Å². The van der Waals surface area contributed by atoms with Gasteiger partial charge in [0.15, 0.2) is 0 Å². The van der Waals surface area contributed by atoms with Crippen molar-refractivity contribution in [1.29, 1.82) is 0 Å². The molecule has 0 atom stereocenters. The topological polar surface area (TPSA) is 27.7 Å². The third kappa shape index (κ3) is 8.29. The molecule has 0 spiro atoms. The van der Waals surface area contributed by atoms with E-state index in [-0.39, 0.29) is 6.07 Å². The predicted molar refractivity (Wildman–Crippen MR) is 67.6 cm³/mol. The van der Waals surface area contributed by atoms with Crippen LogP contribution in [0.15, 0.2) is 0 Å². The van der Waals surface area contributed by atoms with Crippen molar-refractivity contribution in [2.45, 2.75) is 39.5 Å². The normalized spacial score (nSPS) is 11.9. The molecule has 15 heavy (non-hydrogen) atoms. The van der Waals surface area contributed by atoms with Crippen LogP contribution in [-0.2, 0) is 13.6 Å². The van der Waals surface area contributed by atoms with Crippen molar-refractivity contribution < 1.29 is 13.6 Å². The van der Waals surface area contributed by atoms with E-state index in [9.17, 15) is 0 Å². The number of hydrogen-bond acceptors (Lipinski definition) is 3. The van der Waals surface area contributed by atoms with Gasteiger partial charge in [-0.3, -0.25) is 0 Å². The molecule has 0 fully saturated rings. The minimum absolute atomic E-state index is 0.0650. The highest BCUT2D eigenvalue weighted by molar-refractivity contribution is 7.59. The van der Waals surface area contributed by atoms with Crippen LogP contribution >= 0.6 is 19.2 Å². The standard InChI is InChI=1S/C10H22ClO3P/c1-4-6-8-12-15(3,14-10-11)13-9-7-5-2/h3-10H2,1-2H3. The Kier molecular flexibility index (Phi) is 9.98. The SMILES string of the molecule is C=P(OCCl)(OCCCC)OCCCC. The monoisotopic (exact) mass is 256 g/mol. The zero-order valence-corrected chi connectivity index (χ0v) is 11.4. The number of alkyl halides is 1. The second-order valence-electron chi connectivity index (χ2n) is 3.22. The molecule has 0 heterocycles. The minimum Gasteiger partial charge on any atom is -0.317 e. The molecule has 0 aliphatic rings. The molecule has 0 saturated carbocycles. The maximum atomic E-state index is 5.53. The minimum atomic E-state index is -2.41. The molecule has 0 aromatic carbocycles. The van der Waals surface area contributed by atoms with Crippen molar-refractivity contribution >= 4 is 25.5 Å². The van der Waals surface area contributed by atoms with Crippen LogP contribution in [-0.4, -0.2) is 25.6 Å². The predicted octanol–water partition coefficient (Wildman–Crippen LogP) is 4.03. The van der Waals surface area contributed by atoms with E-state index in [4.69, 9.17) is 25.2 Å². The molecule has 0 bridgehead atoms. The number of halogens is 1. The molecule has 0 saturated heterocycles. The number of hydrogen-bond donors (Lipinski definition) is 0. The summed E-state index contributed by atoms with van der Waals surface area (Å²) in [4.78, 5) is 0. The van der Waals surface area contributed by atoms with Gasteiger partial charge in [-0.25, -0.2) is 0 Å². The summed E-state index contributed by atoms with van der Waals surface area (Å²) >= 11 is 5.52. The Morgan fingerprint density at radius 3 is 1.80 bits per heavy atom. The summed E-state index contributed by atoms with van der Waals surface area (Å²) < 4.78 is 16.3. The van der Waals surface area contributed by atoms with Gasteiger partial charge in [-0.1, -0.05) is 38.3 Å². The molecule has 0 radical (unpaired) electrons. The maximum absolute atomic E-state index is 5.53. The Morgan fingerprint density at radius 2 is 1.47 bits per heavy atom. The van der Waals surface area contributed by atoms with Crippen LogP contribution in [0.3, 0.4) is 0 Å². The lowest BCUT2D eigenvalue weighted by Gasteiger charge is -2.22. The Labute approximate surface area is 98.3 Å². The molecule has 5 heteroatoms. The molecular formula is C10H22ClO3P. The van der Waals surface area contributed by atoms with E-state index < -0.39 is 7.57 Å². The van der Waals surface area contributed by atoms with Gasteiger partial charge in [-0.05, 0) is 19.1 Å². The van der Waals surface area contributed by atoms with Crippen molar-refractivity contribution in [3.05, 3.63) is 0 Å². The highest BCUT2D eigenvalue weighted by atomic mass is 35.5. The van der Waals surface area contributed by atoms with Crippen LogP contribution < -0.4 is 0 Å². The van der Waals surface area contributed by atoms with Gasteiger partial charge < -0.3 is 13.6 Å². The van der Waals surface area contributed by atoms with Crippen molar-refractivity contribution in [2.75, 3.05) is 19.3 Å². The lowest BCUT2D eigenvalue weighted by Crippen LogP contribution is -2.02. The summed E-state index contributed by atoms with van der Waals surface area (Å²) in [5.41, 5.74) is 0. The Morgan fingerprint density at radius 1 is 1.00 bits per heavy atom. The molecule has 0 amide bonds. The third-order valence-electron chi connectivity index (χ3n) is 1.82. The highest BCUT2D eigenvalue weighted by Gasteiger charge is 2.16. The first kappa shape index (κ1) is 15.5. The largest absolute Gasteiger partial charge is 0.317 e. The average Bonchev–Trinajstić information content (AvgIpc) is 2.19. The van der Waals surface area contributed by atoms with Crippen LogP contribution in [0.5, 0.6) is 0 Å². The van der Waals surface area contributed by atoms with Gasteiger partial charge in [0, 0.05) is 0 Å². The van der Waals surface area contributed by atoms with Crippen molar-refractivity contribution in [1.82, 2.24) is 0 Å². The van der Waals surface area contributed by atoms with Crippen molar-refractivity contribution in [3.63, 3.8) is 0 Å². The summed E-state index contributed by atoms with van der Waals surface area (Å²) in [6.45, 7) is 5.45. The van der Waals surface area contributed by atoms with Gasteiger partial charge in [0.1, 0.15) is 6.07 Å². The zero-order valence-electron chi connectivity index (χ0n) is 9.71. The summed E-state index contributed by atoms with van der Waals surface area (Å²) in [6.07, 6.45) is 7.99. The van der Waals surface area contributed by atoms with Gasteiger partial charge in [-0.15, -0.1) is 0 Å². The third-order valence-corrected chi connectivity index (χ3v) is 3.75. The lowest BCUT2D eigenvalue weighted by molar-refractivity contribution is 0.167. The quantitative estimate of drug-likeness (QED) is 0.336. The molecule has 0 aliphatic carbocycles. The second kappa shape index (κ2) is 9.68. The van der Waals surface area contributed by atoms with E-state index in [2.05, 4.69) is 20.1 Å². The first-order valence-electron chi connectivity index (χ1n) is 5.41. The first-order valence-corrected chi connectivity index (χ1v) is 7.67. The van der Waals surface area contributed by atoms with E-state index in [1.165, 1.54) is 0 Å². The maximum Gasteiger partial charge on any atom is 0.251 e. The van der Waals surface area contributed by atoms with E-state index in [1.807, 2.05) is 0 Å². The van der Waals surface area contributed by atoms with Gasteiger partial charge >= 0.3 is 0 Å². The fourth-order valence-electron chi connectivity index (χ4n) is 0.882. The molecule has 0 unspecified atom stereocenters.